The third-order valence-corrected chi connectivity index (χ3v) is 5.56. The van der Waals surface area contributed by atoms with E-state index in [1.807, 2.05) is 0 Å². The highest BCUT2D eigenvalue weighted by Crippen LogP contribution is 2.31. The van der Waals surface area contributed by atoms with E-state index in [2.05, 4.69) is 15.2 Å². The van der Waals surface area contributed by atoms with E-state index in [1.54, 1.807) is 12.1 Å². The molecule has 32 heavy (non-hydrogen) atoms. The molecular formula is C20H16F2N4O5S. The van der Waals surface area contributed by atoms with Gasteiger partial charge in [-0.05, 0) is 35.9 Å². The minimum atomic E-state index is -4.32. The highest BCUT2D eigenvalue weighted by molar-refractivity contribution is 7.93. The molecule has 0 bridgehead atoms. The van der Waals surface area contributed by atoms with E-state index in [9.17, 15) is 27.3 Å². The summed E-state index contributed by atoms with van der Waals surface area (Å²) in [6.07, 6.45) is 1.13. The smallest absolute Gasteiger partial charge is 0.270 e. The maximum absolute atomic E-state index is 13.3. The molecule has 0 heterocycles. The molecular weight excluding hydrogens is 446 g/mol. The minimum Gasteiger partial charge on any atom is -0.495 e. The summed E-state index contributed by atoms with van der Waals surface area (Å²) >= 11 is 0. The molecule has 166 valence electrons. The van der Waals surface area contributed by atoms with Crippen LogP contribution in [0.25, 0.3) is 0 Å². The largest absolute Gasteiger partial charge is 0.495 e. The Hall–Kier alpha value is -4.06. The molecule has 9 nitrogen and oxygen atoms in total. The Morgan fingerprint density at radius 3 is 2.47 bits per heavy atom. The maximum Gasteiger partial charge on any atom is 0.270 e. The molecule has 0 radical (unpaired) electrons. The highest BCUT2D eigenvalue weighted by Gasteiger charge is 2.23. The molecule has 0 aliphatic carbocycles. The topological polar surface area (TPSA) is 123 Å². The van der Waals surface area contributed by atoms with Crippen LogP contribution in [0.3, 0.4) is 0 Å². The van der Waals surface area contributed by atoms with Gasteiger partial charge < -0.3 is 4.74 Å². The van der Waals surface area contributed by atoms with E-state index >= 15 is 0 Å². The molecule has 3 aromatic carbocycles. The number of nitrogens with one attached hydrogen (secondary N) is 2. The molecule has 12 heteroatoms. The van der Waals surface area contributed by atoms with Crippen molar-refractivity contribution < 1.29 is 26.9 Å². The standard InChI is InChI=1S/C20H16F2N4O5S/c1-31-19-5-3-2-4-17(19)25-32(29,30)20-11-14(26(27)28)7-9-18(20)24-23-12-13-6-8-15(21)16(22)10-13/h2-12,24-25H,1H3/b23-12+. The number of sulfonamides is 1. The Labute approximate surface area is 181 Å². The number of hydrogen-bond donors (Lipinski definition) is 2. The third-order valence-electron chi connectivity index (χ3n) is 4.16. The van der Waals surface area contributed by atoms with Crippen molar-refractivity contribution in [2.45, 2.75) is 4.90 Å². The van der Waals surface area contributed by atoms with Crippen molar-refractivity contribution in [3.05, 3.63) is 88.0 Å². The molecule has 0 atom stereocenters. The summed E-state index contributed by atoms with van der Waals surface area (Å²) in [5.41, 5.74) is 2.25. The first-order chi connectivity index (χ1) is 15.2. The maximum atomic E-state index is 13.3. The average molecular weight is 462 g/mol. The van der Waals surface area contributed by atoms with Crippen molar-refractivity contribution in [3.63, 3.8) is 0 Å². The van der Waals surface area contributed by atoms with Gasteiger partial charge in [0, 0.05) is 12.1 Å². The summed E-state index contributed by atoms with van der Waals surface area (Å²) in [5.74, 6) is -1.86. The van der Waals surface area contributed by atoms with Gasteiger partial charge in [-0.3, -0.25) is 20.3 Å². The first-order valence-electron chi connectivity index (χ1n) is 8.89. The molecule has 0 fully saturated rings. The monoisotopic (exact) mass is 462 g/mol. The zero-order chi connectivity index (χ0) is 23.3. The summed E-state index contributed by atoms with van der Waals surface area (Å²) in [4.78, 5) is 9.96. The van der Waals surface area contributed by atoms with Crippen LogP contribution < -0.4 is 14.9 Å². The van der Waals surface area contributed by atoms with E-state index in [1.165, 1.54) is 25.3 Å². The fraction of sp³-hybridized carbons (Fsp3) is 0.0500. The van der Waals surface area contributed by atoms with Crippen LogP contribution >= 0.6 is 0 Å². The summed E-state index contributed by atoms with van der Waals surface area (Å²) in [6, 6.07) is 12.4. The molecule has 3 aromatic rings. The number of hydrazone groups is 1. The van der Waals surface area contributed by atoms with Crippen LogP contribution in [-0.4, -0.2) is 26.7 Å². The minimum absolute atomic E-state index is 0.0863. The number of benzene rings is 3. The lowest BCUT2D eigenvalue weighted by atomic mass is 10.2. The molecule has 0 saturated carbocycles. The number of halogens is 2. The second-order valence-corrected chi connectivity index (χ2v) is 7.94. The van der Waals surface area contributed by atoms with Gasteiger partial charge in [-0.2, -0.15) is 5.10 Å². The number of methoxy groups -OCH3 is 1. The Bertz CT molecular complexity index is 1300. The second kappa shape index (κ2) is 9.39. The quantitative estimate of drug-likeness (QED) is 0.295. The average Bonchev–Trinajstić information content (AvgIpc) is 2.76. The number of rotatable bonds is 8. The van der Waals surface area contributed by atoms with Gasteiger partial charge in [0.05, 0.1) is 29.6 Å². The molecule has 0 amide bonds. The van der Waals surface area contributed by atoms with Crippen molar-refractivity contribution in [1.82, 2.24) is 0 Å². The molecule has 0 unspecified atom stereocenters. The fourth-order valence-electron chi connectivity index (χ4n) is 2.64. The molecule has 3 rings (SSSR count). The number of hydrogen-bond acceptors (Lipinski definition) is 7. The van der Waals surface area contributed by atoms with Crippen LogP contribution in [-0.2, 0) is 10.0 Å². The van der Waals surface area contributed by atoms with Gasteiger partial charge >= 0.3 is 0 Å². The SMILES string of the molecule is COc1ccccc1NS(=O)(=O)c1cc([N+](=O)[O-])ccc1N/N=C/c1ccc(F)c(F)c1. The van der Waals surface area contributed by atoms with Crippen LogP contribution in [0.4, 0.5) is 25.8 Å². The fourth-order valence-corrected chi connectivity index (χ4v) is 3.88. The van der Waals surface area contributed by atoms with E-state index in [0.717, 1.165) is 36.5 Å². The van der Waals surface area contributed by atoms with Crippen molar-refractivity contribution in [2.75, 3.05) is 17.3 Å². The van der Waals surface area contributed by atoms with Gasteiger partial charge in [-0.1, -0.05) is 18.2 Å². The number of anilines is 2. The van der Waals surface area contributed by atoms with E-state index in [0.29, 0.717) is 0 Å². The van der Waals surface area contributed by atoms with E-state index < -0.39 is 37.2 Å². The lowest BCUT2D eigenvalue weighted by Crippen LogP contribution is -2.15. The van der Waals surface area contributed by atoms with Crippen LogP contribution in [0.5, 0.6) is 5.75 Å². The Morgan fingerprint density at radius 2 is 1.78 bits per heavy atom. The Balaban J connectivity index is 1.96. The summed E-state index contributed by atoms with van der Waals surface area (Å²) in [5, 5.41) is 15.0. The molecule has 0 saturated heterocycles. The highest BCUT2D eigenvalue weighted by atomic mass is 32.2. The van der Waals surface area contributed by atoms with Crippen molar-refractivity contribution in [2.24, 2.45) is 5.10 Å². The van der Waals surface area contributed by atoms with Gasteiger partial charge in [0.25, 0.3) is 15.7 Å². The number of nitrogens with zero attached hydrogens (tertiary/aromatic N) is 2. The number of nitro groups is 1. The second-order valence-electron chi connectivity index (χ2n) is 6.29. The van der Waals surface area contributed by atoms with Crippen molar-refractivity contribution in [1.29, 1.82) is 0 Å². The van der Waals surface area contributed by atoms with Gasteiger partial charge in [0.1, 0.15) is 10.6 Å². The van der Waals surface area contributed by atoms with Gasteiger partial charge in [0.15, 0.2) is 11.6 Å². The third kappa shape index (κ3) is 5.16. The summed E-state index contributed by atoms with van der Waals surface area (Å²) < 4.78 is 59.8. The number of para-hydroxylation sites is 2. The van der Waals surface area contributed by atoms with Gasteiger partial charge in [-0.25, -0.2) is 17.2 Å². The van der Waals surface area contributed by atoms with Crippen LogP contribution in [0, 0.1) is 21.7 Å². The zero-order valence-corrected chi connectivity index (χ0v) is 17.3. The molecule has 2 N–H and O–H groups in total. The van der Waals surface area contributed by atoms with Crippen LogP contribution in [0.2, 0.25) is 0 Å². The van der Waals surface area contributed by atoms with E-state index in [4.69, 9.17) is 4.74 Å². The van der Waals surface area contributed by atoms with Crippen molar-refractivity contribution in [3.8, 4) is 5.75 Å². The number of nitro benzene ring substituents is 1. The summed E-state index contributed by atoms with van der Waals surface area (Å²) in [7, 11) is -2.96. The van der Waals surface area contributed by atoms with Crippen LogP contribution in [0.1, 0.15) is 5.56 Å². The Kier molecular flexibility index (Phi) is 6.64. The molecule has 0 spiro atoms. The van der Waals surface area contributed by atoms with Gasteiger partial charge in [-0.15, -0.1) is 0 Å². The van der Waals surface area contributed by atoms with Crippen LogP contribution in [0.15, 0.2) is 70.7 Å². The lowest BCUT2D eigenvalue weighted by Gasteiger charge is -2.14. The number of non-ortho nitro benzene ring substituents is 1. The van der Waals surface area contributed by atoms with Gasteiger partial charge in [0.2, 0.25) is 0 Å². The predicted octanol–water partition coefficient (Wildman–Crippen LogP) is 4.13. The molecule has 0 aliphatic rings. The normalized spacial score (nSPS) is 11.3. The van der Waals surface area contributed by atoms with Crippen molar-refractivity contribution >= 4 is 33.3 Å². The van der Waals surface area contributed by atoms with E-state index in [-0.39, 0.29) is 22.7 Å². The number of ether oxygens (including phenoxy) is 1. The Morgan fingerprint density at radius 1 is 1.03 bits per heavy atom. The lowest BCUT2D eigenvalue weighted by molar-refractivity contribution is -0.385. The zero-order valence-electron chi connectivity index (χ0n) is 16.5. The molecule has 0 aromatic heterocycles. The first kappa shape index (κ1) is 22.6. The first-order valence-corrected chi connectivity index (χ1v) is 10.4. The molecule has 0 aliphatic heterocycles. The predicted molar refractivity (Wildman–Crippen MR) is 114 cm³/mol. The summed E-state index contributed by atoms with van der Waals surface area (Å²) in [6.45, 7) is 0.